The molecule has 0 aromatic carbocycles. The highest BCUT2D eigenvalue weighted by Gasteiger charge is 2.49. The predicted octanol–water partition coefficient (Wildman–Crippen LogP) is 1.48. The van der Waals surface area contributed by atoms with Crippen molar-refractivity contribution >= 4 is 143 Å². The first-order chi connectivity index (χ1) is 62.2. The fourth-order valence-corrected chi connectivity index (χ4v) is 9.80. The third-order valence-corrected chi connectivity index (χ3v) is 16.7. The minimum atomic E-state index is -0.964. The first kappa shape index (κ1) is 117. The number of carbonyl (C=O) groups excluding carboxylic acids is 24. The van der Waals surface area contributed by atoms with Gasteiger partial charge >= 0.3 is 143 Å². The van der Waals surface area contributed by atoms with Gasteiger partial charge in [0.25, 0.3) is 0 Å². The van der Waals surface area contributed by atoms with Gasteiger partial charge in [-0.25, -0.2) is 115 Å². The molecule has 48 heteroatoms. The summed E-state index contributed by atoms with van der Waals surface area (Å²) in [4.78, 5) is 266. The molecule has 0 aliphatic carbocycles. The minimum Gasteiger partial charge on any atom is -0.463 e. The molecule has 0 radical (unpaired) electrons. The van der Waals surface area contributed by atoms with E-state index in [0.717, 1.165) is 24.3 Å². The topological polar surface area (TPSA) is 631 Å². The molecule has 8 aliphatic rings. The number of rotatable bonds is 32. The van der Waals surface area contributed by atoms with Crippen LogP contribution >= 0.6 is 0 Å². The van der Waals surface area contributed by atoms with Gasteiger partial charge in [-0.1, -0.05) is 94.2 Å². The van der Waals surface area contributed by atoms with Gasteiger partial charge in [-0.15, -0.1) is 0 Å². The Morgan fingerprint density at radius 3 is 0.724 bits per heavy atom. The molecule has 0 aromatic heterocycles. The lowest BCUT2D eigenvalue weighted by atomic mass is 9.90. The van der Waals surface area contributed by atoms with Crippen LogP contribution in [0.25, 0.3) is 0 Å². The van der Waals surface area contributed by atoms with Crippen molar-refractivity contribution in [2.75, 3.05) is 92.5 Å². The Bertz CT molecular complexity index is 4460. The molecule has 0 bridgehead atoms. The molecule has 0 N–H and O–H groups in total. The molecule has 8 fully saturated rings. The monoisotopic (exact) mass is 1910 g/mol. The van der Waals surface area contributed by atoms with Crippen LogP contribution in [0.1, 0.15) is 123 Å². The molecule has 0 saturated carbocycles. The Morgan fingerprint density at radius 1 is 0.306 bits per heavy atom. The Morgan fingerprint density at radius 2 is 0.537 bits per heavy atom. The zero-order valence-electron chi connectivity index (χ0n) is 76.1. The number of hydrogen-bond donors (Lipinski definition) is 0. The molecule has 0 spiro atoms. The lowest BCUT2D eigenvalue weighted by molar-refractivity contribution is -0.168. The van der Waals surface area contributed by atoms with Gasteiger partial charge in [0, 0.05) is 94.9 Å². The summed E-state index contributed by atoms with van der Waals surface area (Å²) in [6.45, 7) is 46.2. The van der Waals surface area contributed by atoms with Crippen molar-refractivity contribution in [3.8, 4) is 0 Å². The molecule has 0 aromatic rings. The van der Waals surface area contributed by atoms with E-state index in [-0.39, 0.29) is 86.6 Å². The van der Waals surface area contributed by atoms with Gasteiger partial charge in [0.1, 0.15) is 24.4 Å². The second-order valence-corrected chi connectivity index (χ2v) is 31.2. The number of cyclic esters (lactones) is 8. The molecule has 740 valence electrons. The van der Waals surface area contributed by atoms with Crippen LogP contribution in [0.5, 0.6) is 0 Å². The van der Waals surface area contributed by atoms with Crippen molar-refractivity contribution in [2.24, 2.45) is 22.7 Å². The van der Waals surface area contributed by atoms with E-state index in [0.29, 0.717) is 12.8 Å². The Labute approximate surface area is 766 Å². The van der Waals surface area contributed by atoms with Gasteiger partial charge in [-0.05, 0) is 55.4 Å². The summed E-state index contributed by atoms with van der Waals surface area (Å²) in [7, 11) is 0. The third-order valence-electron chi connectivity index (χ3n) is 16.7. The van der Waals surface area contributed by atoms with Crippen LogP contribution < -0.4 is 0 Å². The van der Waals surface area contributed by atoms with Crippen LogP contribution in [-0.4, -0.2) is 296 Å². The summed E-state index contributed by atoms with van der Waals surface area (Å²) in [5.41, 5.74) is -1.69. The molecule has 48 nitrogen and oxygen atoms in total. The molecular weight excluding hydrogens is 1800 g/mol. The smallest absolute Gasteiger partial charge is 0.348 e. The van der Waals surface area contributed by atoms with Crippen LogP contribution in [-0.2, 0) is 229 Å². The molecule has 8 rings (SSSR count). The third kappa shape index (κ3) is 45.2. The Balaban J connectivity index is 0.000000766. The number of esters is 24. The van der Waals surface area contributed by atoms with E-state index >= 15 is 0 Å². The highest BCUT2D eigenvalue weighted by atomic mass is 16.7. The zero-order chi connectivity index (χ0) is 102. The fourth-order valence-electron chi connectivity index (χ4n) is 9.80. The highest BCUT2D eigenvalue weighted by Crippen LogP contribution is 2.33. The summed E-state index contributed by atoms with van der Waals surface area (Å²) in [6, 6.07) is 0. The lowest BCUT2D eigenvalue weighted by Gasteiger charge is -2.21. The van der Waals surface area contributed by atoms with Crippen molar-refractivity contribution in [1.29, 1.82) is 0 Å². The van der Waals surface area contributed by atoms with E-state index in [1.807, 2.05) is 0 Å². The van der Waals surface area contributed by atoms with Gasteiger partial charge in [0.2, 0.25) is 48.8 Å². The van der Waals surface area contributed by atoms with E-state index in [9.17, 15) is 115 Å². The van der Waals surface area contributed by atoms with Crippen LogP contribution in [0.3, 0.4) is 0 Å². The molecule has 8 saturated heterocycles. The van der Waals surface area contributed by atoms with Crippen molar-refractivity contribution in [2.45, 2.75) is 183 Å². The quantitative estimate of drug-likeness (QED) is 0.0523. The van der Waals surface area contributed by atoms with Crippen LogP contribution in [0.15, 0.2) is 99.2 Å². The second-order valence-electron chi connectivity index (χ2n) is 31.2. The van der Waals surface area contributed by atoms with Crippen molar-refractivity contribution < 1.29 is 229 Å². The first-order valence-electron chi connectivity index (χ1n) is 39.7. The van der Waals surface area contributed by atoms with Crippen molar-refractivity contribution in [1.82, 2.24) is 0 Å². The molecule has 0 amide bonds. The lowest BCUT2D eigenvalue weighted by Crippen LogP contribution is -2.36. The van der Waals surface area contributed by atoms with Gasteiger partial charge in [-0.2, -0.15) is 0 Å². The zero-order valence-corrected chi connectivity index (χ0v) is 76.1. The molecule has 134 heavy (non-hydrogen) atoms. The SMILES string of the molecule is C=C(C)C(=O)OCC(=O)OC1C(=O)OCC1(C)C.C=C(C)C(=O)OCC(=O)OC1C(=O)OCC1C.C=C(C)C(=O)OCC(=O)OC1CC(C)(C)OC1=O.C=C(C)C(=O)OCC(=O)OC1CCOC1=O.C=CC(=O)OCC(=O)OC1C(=O)OCC1(C)C.C=CC(=O)OCC(=O)OC1C(=O)OCC1C.C=CC(=O)OCC(=O)OC1CC(C)(C)OC1=O.C=CC(=O)OCC(=O)OC1CCOC1=O. The van der Waals surface area contributed by atoms with Crippen molar-refractivity contribution in [3.05, 3.63) is 99.2 Å². The van der Waals surface area contributed by atoms with Crippen molar-refractivity contribution in [3.63, 3.8) is 0 Å². The normalized spacial score (nSPS) is 21.2. The van der Waals surface area contributed by atoms with Gasteiger partial charge in [0.15, 0.2) is 52.9 Å². The maximum Gasteiger partial charge on any atom is 0.348 e. The van der Waals surface area contributed by atoms with E-state index in [2.05, 4.69) is 105 Å². The molecular formula is C86H108O48. The Hall–Kier alpha value is -14.8. The van der Waals surface area contributed by atoms with Gasteiger partial charge in [0.05, 0.1) is 26.4 Å². The average molecular weight is 1910 g/mol. The van der Waals surface area contributed by atoms with Crippen LogP contribution in [0.2, 0.25) is 0 Å². The molecule has 10 atom stereocenters. The second kappa shape index (κ2) is 56.7. The summed E-state index contributed by atoms with van der Waals surface area (Å²) < 4.78 is 113. The van der Waals surface area contributed by atoms with E-state index in [1.165, 1.54) is 27.7 Å². The summed E-state index contributed by atoms with van der Waals surface area (Å²) in [5.74, 6) is -16.9. The number of ether oxygens (including phenoxy) is 24. The molecule has 10 unspecified atom stereocenters. The Kier molecular flexibility index (Phi) is 49.6. The van der Waals surface area contributed by atoms with Gasteiger partial charge in [-0.3, -0.25) is 0 Å². The first-order valence-corrected chi connectivity index (χ1v) is 39.7. The standard InChI is InChI=1S/2C12H16O6.3C11H14O6.2C10H12O6.C9H10O6/c1-7(2)10(14)16-5-8(13)18-9-11(15)17-6-12(9,3)4;1-7(2)10(14)16-6-9(13)17-8-5-12(3,4)18-11(8)15;1-6(2)10(13)16-5-8(12)17-9-7(3)4-15-11(9)14;1-4-8(12)15-6-9(13)16-7-5-11(2,3)17-10(7)14;1-4-7(12)15-5-8(13)17-9-10(14)16-6-11(9,2)3;1-6(2)9(12)15-5-8(11)16-7-3-4-14-10(7)13;1-3-7(11)14-5-8(12)16-9-6(2)4-15-10(9)13;1-2-7(10)14-5-8(11)15-6-3-4-13-9(6)12/h9H,1,5-6H2,2-4H3;8H,1,5-6H2,2-4H3;7,9H,1,4-5H2,2-3H3;4,7H,1,5-6H2,2-3H3;4,9H,1,5-6H2,2-3H3;7H,1,3-5H2,2H3;3,6,9H,1,4-5H2,2H3;2,6H,1,3-5H2. The summed E-state index contributed by atoms with van der Waals surface area (Å²) in [6.07, 6.45) is -2.41. The largest absolute Gasteiger partial charge is 0.463 e. The van der Waals surface area contributed by atoms with Crippen LogP contribution in [0, 0.1) is 22.7 Å². The van der Waals surface area contributed by atoms with E-state index in [1.54, 1.807) is 69.2 Å². The fraction of sp³-hybridized carbons (Fsp3) is 0.535. The number of carbonyl (C=O) groups is 24. The van der Waals surface area contributed by atoms with Gasteiger partial charge < -0.3 is 114 Å². The molecule has 8 aliphatic heterocycles. The summed E-state index contributed by atoms with van der Waals surface area (Å²) in [5, 5.41) is 0. The minimum absolute atomic E-state index is 0.184. The average Bonchev–Trinajstić information content (AvgIpc) is 1.67. The van der Waals surface area contributed by atoms with Crippen LogP contribution in [0.4, 0.5) is 0 Å². The van der Waals surface area contributed by atoms with E-state index < -0.39 is 267 Å². The van der Waals surface area contributed by atoms with E-state index in [4.69, 9.17) is 61.6 Å². The maximum absolute atomic E-state index is 11.4. The molecule has 8 heterocycles. The number of hydrogen-bond acceptors (Lipinski definition) is 48. The maximum atomic E-state index is 11.4. The highest BCUT2D eigenvalue weighted by molar-refractivity contribution is 5.94. The summed E-state index contributed by atoms with van der Waals surface area (Å²) >= 11 is 0. The predicted molar refractivity (Wildman–Crippen MR) is 437 cm³/mol.